The van der Waals surface area contributed by atoms with Crippen LogP contribution in [-0.2, 0) is 0 Å². The molecule has 2 heterocycles. The van der Waals surface area contributed by atoms with Crippen molar-refractivity contribution in [1.82, 2.24) is 9.80 Å². The number of amides is 2. The lowest BCUT2D eigenvalue weighted by Gasteiger charge is -2.34. The van der Waals surface area contributed by atoms with Gasteiger partial charge in [0, 0.05) is 37.3 Å². The zero-order chi connectivity index (χ0) is 16.4. The van der Waals surface area contributed by atoms with Crippen LogP contribution in [0.2, 0.25) is 0 Å². The summed E-state index contributed by atoms with van der Waals surface area (Å²) in [6.07, 6.45) is 1.50. The van der Waals surface area contributed by atoms with Crippen molar-refractivity contribution in [3.63, 3.8) is 0 Å². The molecule has 0 bridgehead atoms. The fourth-order valence-electron chi connectivity index (χ4n) is 2.62. The number of piperazine rings is 1. The first-order valence-electron chi connectivity index (χ1n) is 7.44. The molecule has 120 valence electrons. The van der Waals surface area contributed by atoms with Crippen molar-refractivity contribution in [1.29, 1.82) is 0 Å². The molecule has 1 fully saturated rings. The molecule has 0 unspecified atom stereocenters. The predicted octanol–water partition coefficient (Wildman–Crippen LogP) is 2.33. The van der Waals surface area contributed by atoms with Gasteiger partial charge in [-0.1, -0.05) is 0 Å². The SMILES string of the molecule is Cc1ccoc1C(=O)N1CCN(C(=O)c2ccc(F)cc2)CC1. The first kappa shape index (κ1) is 15.3. The van der Waals surface area contributed by atoms with Gasteiger partial charge in [0.25, 0.3) is 11.8 Å². The van der Waals surface area contributed by atoms with Crippen LogP contribution in [0.1, 0.15) is 26.5 Å². The number of furan rings is 1. The minimum atomic E-state index is -0.370. The number of hydrogen-bond donors (Lipinski definition) is 0. The van der Waals surface area contributed by atoms with Gasteiger partial charge >= 0.3 is 0 Å². The van der Waals surface area contributed by atoms with Crippen molar-refractivity contribution < 1.29 is 18.4 Å². The topological polar surface area (TPSA) is 53.8 Å². The number of halogens is 1. The summed E-state index contributed by atoms with van der Waals surface area (Å²) in [6.45, 7) is 3.62. The van der Waals surface area contributed by atoms with Crippen molar-refractivity contribution in [2.45, 2.75) is 6.92 Å². The van der Waals surface area contributed by atoms with Crippen molar-refractivity contribution >= 4 is 11.8 Å². The lowest BCUT2D eigenvalue weighted by molar-refractivity contribution is 0.0517. The molecule has 1 aromatic heterocycles. The molecule has 1 aliphatic rings. The fraction of sp³-hybridized carbons (Fsp3) is 0.294. The van der Waals surface area contributed by atoms with Crippen LogP contribution in [0.5, 0.6) is 0 Å². The maximum atomic E-state index is 12.9. The molecule has 0 N–H and O–H groups in total. The zero-order valence-electron chi connectivity index (χ0n) is 12.8. The van der Waals surface area contributed by atoms with E-state index in [0.717, 1.165) is 5.56 Å². The van der Waals surface area contributed by atoms with Crippen molar-refractivity contribution in [2.75, 3.05) is 26.2 Å². The summed E-state index contributed by atoms with van der Waals surface area (Å²) in [6, 6.07) is 7.24. The number of aryl methyl sites for hydroxylation is 1. The Kier molecular flexibility index (Phi) is 4.14. The van der Waals surface area contributed by atoms with E-state index < -0.39 is 0 Å². The molecule has 23 heavy (non-hydrogen) atoms. The van der Waals surface area contributed by atoms with Crippen LogP contribution in [0.4, 0.5) is 4.39 Å². The van der Waals surface area contributed by atoms with Crippen LogP contribution in [0.3, 0.4) is 0 Å². The third kappa shape index (κ3) is 3.11. The van der Waals surface area contributed by atoms with E-state index >= 15 is 0 Å². The predicted molar refractivity (Wildman–Crippen MR) is 81.7 cm³/mol. The number of nitrogens with zero attached hydrogens (tertiary/aromatic N) is 2. The fourth-order valence-corrected chi connectivity index (χ4v) is 2.62. The van der Waals surface area contributed by atoms with Crippen LogP contribution in [0.15, 0.2) is 41.0 Å². The Balaban J connectivity index is 1.62. The van der Waals surface area contributed by atoms with Gasteiger partial charge in [0.15, 0.2) is 5.76 Å². The van der Waals surface area contributed by atoms with Gasteiger partial charge in [0.05, 0.1) is 6.26 Å². The smallest absolute Gasteiger partial charge is 0.289 e. The molecular formula is C17H17FN2O3. The first-order chi connectivity index (χ1) is 11.1. The molecule has 0 atom stereocenters. The highest BCUT2D eigenvalue weighted by molar-refractivity contribution is 5.95. The Morgan fingerprint density at radius 3 is 2.04 bits per heavy atom. The lowest BCUT2D eigenvalue weighted by Crippen LogP contribution is -2.50. The molecule has 2 aromatic rings. The minimum Gasteiger partial charge on any atom is -0.459 e. The second-order valence-corrected chi connectivity index (χ2v) is 5.52. The third-order valence-electron chi connectivity index (χ3n) is 4.00. The monoisotopic (exact) mass is 316 g/mol. The minimum absolute atomic E-state index is 0.147. The Morgan fingerprint density at radius 1 is 0.957 bits per heavy atom. The van der Waals surface area contributed by atoms with Gasteiger partial charge in [-0.3, -0.25) is 9.59 Å². The second kappa shape index (κ2) is 6.24. The molecule has 1 saturated heterocycles. The van der Waals surface area contributed by atoms with E-state index in [-0.39, 0.29) is 17.6 Å². The number of carbonyl (C=O) groups excluding carboxylic acids is 2. The van der Waals surface area contributed by atoms with E-state index in [1.54, 1.807) is 15.9 Å². The molecule has 0 aliphatic carbocycles. The van der Waals surface area contributed by atoms with E-state index in [1.165, 1.54) is 30.5 Å². The standard InChI is InChI=1S/C17H17FN2O3/c1-12-6-11-23-15(12)17(22)20-9-7-19(8-10-20)16(21)13-2-4-14(18)5-3-13/h2-6,11H,7-10H2,1H3. The Bertz CT molecular complexity index is 716. The number of rotatable bonds is 2. The Morgan fingerprint density at radius 2 is 1.52 bits per heavy atom. The lowest BCUT2D eigenvalue weighted by atomic mass is 10.1. The van der Waals surface area contributed by atoms with E-state index in [9.17, 15) is 14.0 Å². The number of benzene rings is 1. The van der Waals surface area contributed by atoms with E-state index in [2.05, 4.69) is 0 Å². The van der Waals surface area contributed by atoms with Gasteiger partial charge in [-0.25, -0.2) is 4.39 Å². The van der Waals surface area contributed by atoms with Crippen LogP contribution >= 0.6 is 0 Å². The van der Waals surface area contributed by atoms with Crippen LogP contribution in [-0.4, -0.2) is 47.8 Å². The van der Waals surface area contributed by atoms with Crippen molar-refractivity contribution in [3.05, 3.63) is 59.3 Å². The first-order valence-corrected chi connectivity index (χ1v) is 7.44. The maximum absolute atomic E-state index is 12.9. The van der Waals surface area contributed by atoms with Gasteiger partial charge in [-0.2, -0.15) is 0 Å². The normalized spacial score (nSPS) is 14.9. The zero-order valence-corrected chi connectivity index (χ0v) is 12.8. The largest absolute Gasteiger partial charge is 0.459 e. The Labute approximate surface area is 133 Å². The number of carbonyl (C=O) groups is 2. The third-order valence-corrected chi connectivity index (χ3v) is 4.00. The Hall–Kier alpha value is -2.63. The van der Waals surface area contributed by atoms with Crippen LogP contribution in [0, 0.1) is 12.7 Å². The summed E-state index contributed by atoms with van der Waals surface area (Å²) in [5, 5.41) is 0. The summed E-state index contributed by atoms with van der Waals surface area (Å²) >= 11 is 0. The van der Waals surface area contributed by atoms with Crippen molar-refractivity contribution in [2.24, 2.45) is 0 Å². The summed E-state index contributed by atoms with van der Waals surface area (Å²) in [5.74, 6) is -0.318. The maximum Gasteiger partial charge on any atom is 0.289 e. The van der Waals surface area contributed by atoms with Gasteiger partial charge < -0.3 is 14.2 Å². The molecular weight excluding hydrogens is 299 g/mol. The summed E-state index contributed by atoms with van der Waals surface area (Å²) in [7, 11) is 0. The molecule has 0 spiro atoms. The van der Waals surface area contributed by atoms with Crippen LogP contribution in [0.25, 0.3) is 0 Å². The molecule has 1 aliphatic heterocycles. The highest BCUT2D eigenvalue weighted by Crippen LogP contribution is 2.15. The van der Waals surface area contributed by atoms with Gasteiger partial charge in [-0.05, 0) is 37.3 Å². The average Bonchev–Trinajstić information content (AvgIpc) is 3.00. The molecule has 0 radical (unpaired) electrons. The average molecular weight is 316 g/mol. The second-order valence-electron chi connectivity index (χ2n) is 5.52. The van der Waals surface area contributed by atoms with E-state index in [0.29, 0.717) is 37.5 Å². The van der Waals surface area contributed by atoms with Crippen LogP contribution < -0.4 is 0 Å². The summed E-state index contributed by atoms with van der Waals surface area (Å²) in [5.41, 5.74) is 1.26. The summed E-state index contributed by atoms with van der Waals surface area (Å²) < 4.78 is 18.1. The van der Waals surface area contributed by atoms with Crippen molar-refractivity contribution in [3.8, 4) is 0 Å². The van der Waals surface area contributed by atoms with Gasteiger partial charge in [0.1, 0.15) is 5.82 Å². The molecule has 1 aromatic carbocycles. The number of hydrogen-bond acceptors (Lipinski definition) is 3. The molecule has 0 saturated carbocycles. The highest BCUT2D eigenvalue weighted by atomic mass is 19.1. The molecule has 2 amide bonds. The molecule has 3 rings (SSSR count). The highest BCUT2D eigenvalue weighted by Gasteiger charge is 2.27. The van der Waals surface area contributed by atoms with Gasteiger partial charge in [-0.15, -0.1) is 0 Å². The van der Waals surface area contributed by atoms with E-state index in [1.807, 2.05) is 6.92 Å². The van der Waals surface area contributed by atoms with Gasteiger partial charge in [0.2, 0.25) is 0 Å². The quantitative estimate of drug-likeness (QED) is 0.854. The molecule has 5 nitrogen and oxygen atoms in total. The van der Waals surface area contributed by atoms with E-state index in [4.69, 9.17) is 4.42 Å². The summed E-state index contributed by atoms with van der Waals surface area (Å²) in [4.78, 5) is 28.1. The molecule has 6 heteroatoms.